The van der Waals surface area contributed by atoms with Crippen LogP contribution in [0.15, 0.2) is 141 Å². The average Bonchev–Trinajstić information content (AvgIpc) is 3.79. The molecule has 0 aliphatic carbocycles. The molecule has 210 valence electrons. The van der Waals surface area contributed by atoms with Gasteiger partial charge in [-0.15, -0.1) is 0 Å². The van der Waals surface area contributed by atoms with Gasteiger partial charge in [0.05, 0.1) is 0 Å². The second kappa shape index (κ2) is 9.11. The lowest BCUT2D eigenvalue weighted by Crippen LogP contribution is -1.89. The minimum Gasteiger partial charge on any atom is -0.454 e. The molecule has 0 N–H and O–H groups in total. The van der Waals surface area contributed by atoms with Crippen molar-refractivity contribution >= 4 is 66.2 Å². The number of para-hydroxylation sites is 3. The lowest BCUT2D eigenvalue weighted by molar-refractivity contribution is 0.669. The van der Waals surface area contributed by atoms with Gasteiger partial charge in [-0.2, -0.15) is 0 Å². The van der Waals surface area contributed by atoms with Crippen LogP contribution in [0.5, 0.6) is 0 Å². The first-order valence-corrected chi connectivity index (χ1v) is 14.8. The normalized spacial score (nSPS) is 12.0. The van der Waals surface area contributed by atoms with Crippen molar-refractivity contribution in [3.8, 4) is 33.4 Å². The molecule has 6 heteroatoms. The summed E-state index contributed by atoms with van der Waals surface area (Å²) in [6.07, 6.45) is 5.54. The van der Waals surface area contributed by atoms with Crippen LogP contribution >= 0.6 is 0 Å². The molecule has 0 spiro atoms. The molecule has 0 atom stereocenters. The Morgan fingerprint density at radius 3 is 1.00 bits per heavy atom. The van der Waals surface area contributed by atoms with E-state index in [2.05, 4.69) is 18.2 Å². The number of rotatable bonds is 3. The minimum atomic E-state index is 0.744. The molecular formula is C39H21N3O3. The fourth-order valence-corrected chi connectivity index (χ4v) is 6.59. The van der Waals surface area contributed by atoms with E-state index >= 15 is 0 Å². The van der Waals surface area contributed by atoms with Crippen molar-refractivity contribution in [3.05, 3.63) is 128 Å². The van der Waals surface area contributed by atoms with E-state index < -0.39 is 0 Å². The van der Waals surface area contributed by atoms with Crippen LogP contribution in [-0.4, -0.2) is 15.0 Å². The molecule has 45 heavy (non-hydrogen) atoms. The number of pyridine rings is 3. The molecule has 6 heterocycles. The first kappa shape index (κ1) is 24.2. The molecule has 0 bridgehead atoms. The maximum Gasteiger partial charge on any atom is 0.161 e. The summed E-state index contributed by atoms with van der Waals surface area (Å²) in [5.41, 5.74) is 12.9. The summed E-state index contributed by atoms with van der Waals surface area (Å²) in [6.45, 7) is 0. The zero-order chi connectivity index (χ0) is 29.5. The molecule has 0 aliphatic rings. The van der Waals surface area contributed by atoms with Gasteiger partial charge < -0.3 is 13.3 Å². The number of nitrogens with zero attached hydrogens (tertiary/aromatic N) is 3. The van der Waals surface area contributed by atoms with Crippen LogP contribution in [0.2, 0.25) is 0 Å². The van der Waals surface area contributed by atoms with Crippen molar-refractivity contribution in [2.45, 2.75) is 0 Å². The Morgan fingerprint density at radius 1 is 0.356 bits per heavy atom. The average molecular weight is 580 g/mol. The zero-order valence-corrected chi connectivity index (χ0v) is 23.7. The Labute approximate surface area is 255 Å². The van der Waals surface area contributed by atoms with Gasteiger partial charge in [-0.05, 0) is 89.5 Å². The van der Waals surface area contributed by atoms with Gasteiger partial charge in [0.1, 0.15) is 33.3 Å². The lowest BCUT2D eigenvalue weighted by Gasteiger charge is -2.12. The molecule has 0 radical (unpaired) electrons. The Bertz CT molecular complexity index is 2470. The van der Waals surface area contributed by atoms with Crippen LogP contribution in [0.25, 0.3) is 99.6 Å². The molecule has 6 aromatic heterocycles. The number of hydrogen-bond donors (Lipinski definition) is 0. The highest BCUT2D eigenvalue weighted by Gasteiger charge is 2.20. The minimum absolute atomic E-state index is 0.744. The molecule has 4 aromatic carbocycles. The smallest absolute Gasteiger partial charge is 0.161 e. The second-order valence-electron chi connectivity index (χ2n) is 11.2. The zero-order valence-electron chi connectivity index (χ0n) is 23.7. The largest absolute Gasteiger partial charge is 0.454 e. The molecule has 0 fully saturated rings. The van der Waals surface area contributed by atoms with Crippen molar-refractivity contribution in [1.82, 2.24) is 15.0 Å². The summed E-state index contributed by atoms with van der Waals surface area (Å²) < 4.78 is 19.3. The lowest BCUT2D eigenvalue weighted by atomic mass is 9.93. The van der Waals surface area contributed by atoms with E-state index in [4.69, 9.17) is 28.2 Å². The second-order valence-corrected chi connectivity index (χ2v) is 11.2. The third-order valence-corrected chi connectivity index (χ3v) is 8.64. The molecule has 0 amide bonds. The van der Waals surface area contributed by atoms with E-state index in [1.807, 2.05) is 110 Å². The van der Waals surface area contributed by atoms with Crippen LogP contribution in [0.1, 0.15) is 0 Å². The summed E-state index contributed by atoms with van der Waals surface area (Å²) in [7, 11) is 0. The summed E-state index contributed by atoms with van der Waals surface area (Å²) in [5.74, 6) is 0. The number of furan rings is 3. The predicted molar refractivity (Wildman–Crippen MR) is 178 cm³/mol. The van der Waals surface area contributed by atoms with Crippen molar-refractivity contribution < 1.29 is 13.3 Å². The first-order valence-electron chi connectivity index (χ1n) is 14.8. The van der Waals surface area contributed by atoms with E-state index in [9.17, 15) is 0 Å². The number of benzene rings is 4. The van der Waals surface area contributed by atoms with Crippen LogP contribution < -0.4 is 0 Å². The van der Waals surface area contributed by atoms with Gasteiger partial charge in [0.2, 0.25) is 0 Å². The monoisotopic (exact) mass is 579 g/mol. The third kappa shape index (κ3) is 3.53. The van der Waals surface area contributed by atoms with Crippen LogP contribution in [0.4, 0.5) is 0 Å². The van der Waals surface area contributed by atoms with E-state index in [1.165, 1.54) is 0 Å². The van der Waals surface area contributed by atoms with E-state index in [0.29, 0.717) is 0 Å². The van der Waals surface area contributed by atoms with Gasteiger partial charge in [-0.25, -0.2) is 0 Å². The Morgan fingerprint density at radius 2 is 0.667 bits per heavy atom. The van der Waals surface area contributed by atoms with E-state index in [1.54, 1.807) is 0 Å². The fraction of sp³-hybridized carbons (Fsp3) is 0. The highest BCUT2D eigenvalue weighted by atomic mass is 16.3. The molecule has 10 rings (SSSR count). The molecule has 0 saturated carbocycles. The van der Waals surface area contributed by atoms with Crippen molar-refractivity contribution in [2.75, 3.05) is 0 Å². The Balaban J connectivity index is 1.29. The van der Waals surface area contributed by atoms with Crippen LogP contribution in [0.3, 0.4) is 0 Å². The maximum absolute atomic E-state index is 6.43. The molecule has 0 aliphatic heterocycles. The van der Waals surface area contributed by atoms with E-state index in [0.717, 1.165) is 99.6 Å². The molecule has 0 unspecified atom stereocenters. The van der Waals surface area contributed by atoms with Gasteiger partial charge >= 0.3 is 0 Å². The maximum atomic E-state index is 6.43. The van der Waals surface area contributed by atoms with Crippen molar-refractivity contribution in [1.29, 1.82) is 0 Å². The SMILES string of the molecule is c1ccc2c(c1)oc1c(-c3cc(-c4ccnc5c4oc4ccccc45)cc(-c4ccnc5c4oc4ccccc45)c3)ccnc12. The van der Waals surface area contributed by atoms with Crippen LogP contribution in [-0.2, 0) is 0 Å². The summed E-state index contributed by atoms with van der Waals surface area (Å²) >= 11 is 0. The predicted octanol–water partition coefficient (Wildman–Crippen LogP) is 10.6. The van der Waals surface area contributed by atoms with Gasteiger partial charge in [0.15, 0.2) is 16.7 Å². The quantitative estimate of drug-likeness (QED) is 0.207. The Hall–Kier alpha value is -6.27. The first-order chi connectivity index (χ1) is 22.3. The molecule has 10 aromatic rings. The van der Waals surface area contributed by atoms with Gasteiger partial charge in [-0.3, -0.25) is 15.0 Å². The number of hydrogen-bond acceptors (Lipinski definition) is 6. The molecular weight excluding hydrogens is 558 g/mol. The topological polar surface area (TPSA) is 78.1 Å². The third-order valence-electron chi connectivity index (χ3n) is 8.64. The molecule has 6 nitrogen and oxygen atoms in total. The summed E-state index contributed by atoms with van der Waals surface area (Å²) in [6, 6.07) is 36.6. The van der Waals surface area contributed by atoms with Gasteiger partial charge in [0.25, 0.3) is 0 Å². The van der Waals surface area contributed by atoms with Gasteiger partial charge in [-0.1, -0.05) is 36.4 Å². The van der Waals surface area contributed by atoms with Gasteiger partial charge in [0, 0.05) is 51.4 Å². The standard InChI is InChI=1S/C39H21N3O3/c1-4-10-31-28(7-1)34-37(43-31)25(13-16-40-34)22-19-23(26-14-17-41-35-29-8-2-5-11-32(29)44-38(26)35)21-24(20-22)27-15-18-42-36-30-9-3-6-12-33(30)45-39(27)36/h1-21H. The summed E-state index contributed by atoms with van der Waals surface area (Å²) in [5, 5.41) is 2.96. The van der Waals surface area contributed by atoms with Crippen LogP contribution in [0, 0.1) is 0 Å². The van der Waals surface area contributed by atoms with Crippen molar-refractivity contribution in [3.63, 3.8) is 0 Å². The highest BCUT2D eigenvalue weighted by molar-refractivity contribution is 6.11. The summed E-state index contributed by atoms with van der Waals surface area (Å²) in [4.78, 5) is 14.1. The fourth-order valence-electron chi connectivity index (χ4n) is 6.59. The molecule has 0 saturated heterocycles. The Kier molecular flexibility index (Phi) is 4.90. The van der Waals surface area contributed by atoms with E-state index in [-0.39, 0.29) is 0 Å². The number of aromatic nitrogens is 3. The van der Waals surface area contributed by atoms with Crippen molar-refractivity contribution in [2.24, 2.45) is 0 Å². The number of fused-ring (bicyclic) bond motifs is 9. The highest BCUT2D eigenvalue weighted by Crippen LogP contribution is 2.42.